The molecule has 5 nitrogen and oxygen atoms in total. The zero-order chi connectivity index (χ0) is 13.4. The summed E-state index contributed by atoms with van der Waals surface area (Å²) < 4.78 is 5.57. The Morgan fingerprint density at radius 3 is 2.84 bits per heavy atom. The first-order chi connectivity index (χ1) is 9.11. The van der Waals surface area contributed by atoms with Crippen LogP contribution in [0.4, 0.5) is 0 Å². The lowest BCUT2D eigenvalue weighted by molar-refractivity contribution is -0.304. The number of rotatable bonds is 2. The zero-order valence-electron chi connectivity index (χ0n) is 9.75. The number of hydrogen-bond acceptors (Lipinski definition) is 5. The summed E-state index contributed by atoms with van der Waals surface area (Å²) in [5.74, 6) is -0.777. The maximum absolute atomic E-state index is 11.3. The number of carboxylic acids is 1. The van der Waals surface area contributed by atoms with E-state index in [1.165, 1.54) is 12.1 Å². The molecule has 1 aromatic rings. The molecule has 2 aliphatic rings. The fourth-order valence-electron chi connectivity index (χ4n) is 1.93. The van der Waals surface area contributed by atoms with Crippen molar-refractivity contribution in [1.29, 1.82) is 0 Å². The molecule has 5 heteroatoms. The molecule has 0 unspecified atom stereocenters. The minimum absolute atomic E-state index is 0.164. The van der Waals surface area contributed by atoms with E-state index in [1.54, 1.807) is 24.3 Å². The van der Waals surface area contributed by atoms with Crippen LogP contribution in [-0.2, 0) is 11.2 Å². The van der Waals surface area contributed by atoms with Gasteiger partial charge in [-0.2, -0.15) is 0 Å². The molecule has 94 valence electrons. The second-order valence-corrected chi connectivity index (χ2v) is 4.19. The van der Waals surface area contributed by atoms with Gasteiger partial charge in [0.2, 0.25) is 0 Å². The molecule has 0 saturated carbocycles. The molecule has 0 aromatic heterocycles. The van der Waals surface area contributed by atoms with Crippen LogP contribution in [0, 0.1) is 0 Å². The lowest BCUT2D eigenvalue weighted by Gasteiger charge is -2.07. The van der Waals surface area contributed by atoms with Gasteiger partial charge >= 0.3 is 0 Å². The van der Waals surface area contributed by atoms with Crippen LogP contribution in [0.1, 0.15) is 5.56 Å². The largest absolute Gasteiger partial charge is 0.550 e. The van der Waals surface area contributed by atoms with Crippen molar-refractivity contribution in [1.82, 2.24) is 4.98 Å². The van der Waals surface area contributed by atoms with Crippen LogP contribution in [0.2, 0.25) is 0 Å². The fraction of sp³-hybridized carbons (Fsp3) is 0.0714. The van der Waals surface area contributed by atoms with Crippen molar-refractivity contribution in [2.45, 2.75) is 6.42 Å². The van der Waals surface area contributed by atoms with E-state index < -0.39 is 5.97 Å². The normalized spacial score (nSPS) is 10.9. The standard InChI is InChI=1S/C14H9NO4/c16-9-2-4-11-13(7-9)19-12-5-8(6-14(17)18)1-3-10(12)15-11/h1-5,7H,6H2,(H,17,18)/p-1. The minimum Gasteiger partial charge on any atom is -0.550 e. The summed E-state index contributed by atoms with van der Waals surface area (Å²) in [5.41, 5.74) is 2.03. The van der Waals surface area contributed by atoms with Crippen molar-refractivity contribution in [3.8, 4) is 11.5 Å². The third kappa shape index (κ3) is 2.18. The number of carbonyl (C=O) groups excluding carboxylic acids is 1. The van der Waals surface area contributed by atoms with Gasteiger partial charge in [-0.15, -0.1) is 0 Å². The third-order valence-electron chi connectivity index (χ3n) is 2.76. The highest BCUT2D eigenvalue weighted by atomic mass is 16.4. The molecule has 0 fully saturated rings. The third-order valence-corrected chi connectivity index (χ3v) is 2.76. The van der Waals surface area contributed by atoms with Crippen LogP contribution >= 0.6 is 0 Å². The van der Waals surface area contributed by atoms with E-state index in [0.717, 1.165) is 0 Å². The summed E-state index contributed by atoms with van der Waals surface area (Å²) in [4.78, 5) is 26.2. The maximum atomic E-state index is 11.3. The second kappa shape index (κ2) is 4.20. The van der Waals surface area contributed by atoms with E-state index in [0.29, 0.717) is 28.1 Å². The molecule has 1 aliphatic carbocycles. The summed E-state index contributed by atoms with van der Waals surface area (Å²) in [6.45, 7) is 0. The molecule has 1 heterocycles. The molecule has 0 N–H and O–H groups in total. The summed E-state index contributed by atoms with van der Waals surface area (Å²) in [6.07, 6.45) is -0.189. The molecule has 0 bridgehead atoms. The lowest BCUT2D eigenvalue weighted by Crippen LogP contribution is -2.24. The van der Waals surface area contributed by atoms with Crippen LogP contribution in [0.15, 0.2) is 45.6 Å². The van der Waals surface area contributed by atoms with E-state index in [9.17, 15) is 14.7 Å². The van der Waals surface area contributed by atoms with Gasteiger partial charge in [0.15, 0.2) is 16.8 Å². The zero-order valence-corrected chi connectivity index (χ0v) is 9.75. The fourth-order valence-corrected chi connectivity index (χ4v) is 1.93. The van der Waals surface area contributed by atoms with Gasteiger partial charge < -0.3 is 14.3 Å². The molecular weight excluding hydrogens is 246 g/mol. The van der Waals surface area contributed by atoms with Crippen LogP contribution in [-0.4, -0.2) is 11.0 Å². The highest BCUT2D eigenvalue weighted by molar-refractivity contribution is 5.78. The Labute approximate surface area is 107 Å². The first-order valence-corrected chi connectivity index (χ1v) is 5.65. The van der Waals surface area contributed by atoms with Gasteiger partial charge in [0.1, 0.15) is 11.2 Å². The highest BCUT2D eigenvalue weighted by Gasteiger charge is 2.09. The smallest absolute Gasteiger partial charge is 0.182 e. The van der Waals surface area contributed by atoms with Crippen LogP contribution < -0.4 is 10.5 Å². The van der Waals surface area contributed by atoms with E-state index in [2.05, 4.69) is 4.98 Å². The molecule has 3 rings (SSSR count). The Morgan fingerprint density at radius 2 is 2.05 bits per heavy atom. The first kappa shape index (κ1) is 11.4. The van der Waals surface area contributed by atoms with Crippen LogP contribution in [0.3, 0.4) is 0 Å². The summed E-state index contributed by atoms with van der Waals surface area (Å²) in [7, 11) is 0. The maximum Gasteiger partial charge on any atom is 0.182 e. The van der Waals surface area contributed by atoms with Crippen LogP contribution in [0.5, 0.6) is 0 Å². The molecular formula is C14H8NO4-. The van der Waals surface area contributed by atoms with Gasteiger partial charge in [-0.05, 0) is 29.8 Å². The molecule has 0 radical (unpaired) electrons. The summed E-state index contributed by atoms with van der Waals surface area (Å²) >= 11 is 0. The van der Waals surface area contributed by atoms with Crippen molar-refractivity contribution in [3.05, 3.63) is 52.2 Å². The van der Waals surface area contributed by atoms with E-state index in [4.69, 9.17) is 4.42 Å². The average Bonchev–Trinajstić information content (AvgIpc) is 2.35. The van der Waals surface area contributed by atoms with E-state index in [1.807, 2.05) is 0 Å². The number of aliphatic carboxylic acids is 1. The van der Waals surface area contributed by atoms with Crippen molar-refractivity contribution < 1.29 is 14.3 Å². The number of hydrogen-bond donors (Lipinski definition) is 0. The Bertz CT molecular complexity index is 806. The summed E-state index contributed by atoms with van der Waals surface area (Å²) in [5, 5.41) is 10.6. The van der Waals surface area contributed by atoms with Gasteiger partial charge in [-0.25, -0.2) is 4.98 Å². The van der Waals surface area contributed by atoms with E-state index in [-0.39, 0.29) is 11.8 Å². The first-order valence-electron chi connectivity index (χ1n) is 5.65. The molecule has 0 saturated heterocycles. The Balaban J connectivity index is 2.22. The Morgan fingerprint density at radius 1 is 1.21 bits per heavy atom. The van der Waals surface area contributed by atoms with Gasteiger partial charge in [-0.1, -0.05) is 6.07 Å². The van der Waals surface area contributed by atoms with E-state index >= 15 is 0 Å². The van der Waals surface area contributed by atoms with Crippen molar-refractivity contribution in [2.24, 2.45) is 0 Å². The van der Waals surface area contributed by atoms with Gasteiger partial charge in [0.25, 0.3) is 0 Å². The minimum atomic E-state index is -1.16. The number of carbonyl (C=O) groups is 1. The molecule has 0 amide bonds. The molecule has 0 atom stereocenters. The lowest BCUT2D eigenvalue weighted by atomic mass is 10.1. The van der Waals surface area contributed by atoms with Crippen LogP contribution in [0.25, 0.3) is 22.6 Å². The van der Waals surface area contributed by atoms with Crippen molar-refractivity contribution in [2.75, 3.05) is 0 Å². The molecule has 1 aliphatic heterocycles. The molecule has 0 spiro atoms. The number of nitrogens with zero attached hydrogens (tertiary/aromatic N) is 1. The highest BCUT2D eigenvalue weighted by Crippen LogP contribution is 2.24. The molecule has 1 aromatic carbocycles. The van der Waals surface area contributed by atoms with Gasteiger partial charge in [0, 0.05) is 18.5 Å². The predicted molar refractivity (Wildman–Crippen MR) is 65.6 cm³/mol. The second-order valence-electron chi connectivity index (χ2n) is 4.19. The quantitative estimate of drug-likeness (QED) is 0.625. The topological polar surface area (TPSA) is 83.2 Å². The summed E-state index contributed by atoms with van der Waals surface area (Å²) in [6, 6.07) is 9.30. The van der Waals surface area contributed by atoms with Gasteiger partial charge in [0.05, 0.1) is 0 Å². The van der Waals surface area contributed by atoms with Gasteiger partial charge in [-0.3, -0.25) is 4.79 Å². The Kier molecular flexibility index (Phi) is 2.52. The average molecular weight is 254 g/mol. The van der Waals surface area contributed by atoms with Crippen molar-refractivity contribution >= 4 is 17.1 Å². The number of fused-ring (bicyclic) bond motifs is 2. The Hall–Kier alpha value is -2.69. The number of carboxylic acid groups (broad SMARTS) is 1. The van der Waals surface area contributed by atoms with Crippen molar-refractivity contribution in [3.63, 3.8) is 0 Å². The monoisotopic (exact) mass is 254 g/mol. The SMILES string of the molecule is O=C([O-])Cc1ccc2nc3ccc(=O)cc-3oc2c1. The molecule has 19 heavy (non-hydrogen) atoms. The number of aromatic nitrogens is 1. The number of benzene rings is 2. The predicted octanol–water partition coefficient (Wildman–Crippen LogP) is 0.585.